The summed E-state index contributed by atoms with van der Waals surface area (Å²) >= 11 is 0. The van der Waals surface area contributed by atoms with E-state index in [-0.39, 0.29) is 107 Å². The number of aromatic carboxylic acids is 3. The molecule has 3 fully saturated rings. The van der Waals surface area contributed by atoms with Crippen LogP contribution in [0.4, 0.5) is 43.9 Å². The van der Waals surface area contributed by atoms with Gasteiger partial charge in [-0.3, -0.25) is 43.3 Å². The number of allylic oxidation sites excluding steroid dienone is 2. The van der Waals surface area contributed by atoms with Gasteiger partial charge in [0, 0.05) is 97.9 Å². The summed E-state index contributed by atoms with van der Waals surface area (Å²) in [5, 5.41) is 71.0. The van der Waals surface area contributed by atoms with Gasteiger partial charge in [-0.15, -0.1) is 0 Å². The first-order valence-corrected chi connectivity index (χ1v) is 47.8. The maximum atomic E-state index is 13.8. The number of carbonyl (C=O) groups excluding carboxylic acids is 4. The number of aliphatic hydroxyl groups excluding tert-OH is 5. The minimum Gasteiger partial charge on any atom is -0.506 e. The van der Waals surface area contributed by atoms with Gasteiger partial charge in [0.2, 0.25) is 5.43 Å². The van der Waals surface area contributed by atoms with Crippen LogP contribution in [0, 0.1) is 85.9 Å². The molecule has 11 aromatic rings. The summed E-state index contributed by atoms with van der Waals surface area (Å²) in [5.41, 5.74) is 4.20. The molecule has 0 spiro atoms. The van der Waals surface area contributed by atoms with Crippen LogP contribution in [0.3, 0.4) is 0 Å². The van der Waals surface area contributed by atoms with Gasteiger partial charge in [0.25, 0.3) is 0 Å². The number of hydrogen-bond acceptors (Lipinski definition) is 19. The first-order valence-electron chi connectivity index (χ1n) is 47.8. The van der Waals surface area contributed by atoms with Crippen molar-refractivity contribution in [1.82, 2.24) is 23.2 Å². The van der Waals surface area contributed by atoms with E-state index >= 15 is 0 Å². The summed E-state index contributed by atoms with van der Waals surface area (Å²) in [4.78, 5) is 131. The largest absolute Gasteiger partial charge is 0.506 e. The zero-order valence-electron chi connectivity index (χ0n) is 85.9. The average Bonchev–Trinajstić information content (AvgIpc) is 0.781. The number of carbonyl (C=O) groups is 7. The molecule has 3 saturated carbocycles. The summed E-state index contributed by atoms with van der Waals surface area (Å²) < 4.78 is 137. The Morgan fingerprint density at radius 2 is 0.644 bits per heavy atom. The molecule has 0 atom stereocenters. The first kappa shape index (κ1) is 128. The number of rotatable bonds is 17. The minimum absolute atomic E-state index is 0.0115. The Balaban J connectivity index is 0.000000551. The molecular formula is C110H137F10N7O19. The number of ketones is 4. The highest BCUT2D eigenvalue weighted by Gasteiger charge is 2.23. The number of halogens is 10. The summed E-state index contributed by atoms with van der Waals surface area (Å²) in [7, 11) is 4.00. The SMILES string of the molecule is C/C=C/N(C)C.C1CCCCC1.C1CCCCC1.C1CCCCC1.CC(=O)C(C=NCO)=C(O)c1cc(C)c(F)cc1F.CC(=O)c1cn(CO)c2cc(F)c(C)cc2c1=O.CCC.CCc1cc2c(=O)c(C(=O)O)cn(CO)c2cc1F.CCc1cc2c(=O)c(C(C)=O)cn(CC)c2cc1F.CCn1cc(C(C)=O)c(=O)c2cc(C)c(F)cc21.Cc1cc(C(=O)O)c(F)cc1F.NCO.O=C(O)c1ccc(F)cc1F. The molecule has 3 aliphatic rings. The lowest BCUT2D eigenvalue weighted by atomic mass is 10.0. The fourth-order valence-corrected chi connectivity index (χ4v) is 14.6. The van der Waals surface area contributed by atoms with Crippen LogP contribution in [0.25, 0.3) is 49.4 Å². The second-order valence-corrected chi connectivity index (χ2v) is 34.0. The number of pyridine rings is 4. The highest BCUT2D eigenvalue weighted by molar-refractivity contribution is 6.17. The lowest BCUT2D eigenvalue weighted by Crippen LogP contribution is -2.19. The van der Waals surface area contributed by atoms with Crippen molar-refractivity contribution in [2.45, 2.75) is 265 Å². The zero-order chi connectivity index (χ0) is 111. The monoisotopic (exact) mass is 2050 g/mol. The summed E-state index contributed by atoms with van der Waals surface area (Å²) in [6, 6.07) is 16.4. The van der Waals surface area contributed by atoms with Gasteiger partial charge >= 0.3 is 17.9 Å². The molecule has 0 unspecified atom stereocenters. The van der Waals surface area contributed by atoms with Crippen molar-refractivity contribution in [3.05, 3.63) is 305 Å². The van der Waals surface area contributed by atoms with Crippen LogP contribution < -0.4 is 27.4 Å². The second-order valence-electron chi connectivity index (χ2n) is 34.0. The van der Waals surface area contributed by atoms with Crippen molar-refractivity contribution in [3.8, 4) is 0 Å². The molecule has 14 rings (SSSR count). The molecule has 26 nitrogen and oxygen atoms in total. The van der Waals surface area contributed by atoms with E-state index in [9.17, 15) is 112 Å². The quantitative estimate of drug-likeness (QED) is 0.0102. The van der Waals surface area contributed by atoms with E-state index in [1.807, 2.05) is 59.0 Å². The Bertz CT molecular complexity index is 6300. The molecule has 0 radical (unpaired) electrons. The smallest absolute Gasteiger partial charge is 0.341 e. The van der Waals surface area contributed by atoms with Gasteiger partial charge in [-0.05, 0) is 201 Å². The van der Waals surface area contributed by atoms with E-state index in [1.165, 1.54) is 223 Å². The van der Waals surface area contributed by atoms with Crippen molar-refractivity contribution in [2.75, 3.05) is 27.6 Å². The van der Waals surface area contributed by atoms with Gasteiger partial charge in [-0.25, -0.2) is 58.3 Å². The third-order valence-electron chi connectivity index (χ3n) is 22.4. The van der Waals surface area contributed by atoms with Crippen molar-refractivity contribution in [2.24, 2.45) is 10.7 Å². The van der Waals surface area contributed by atoms with E-state index in [0.29, 0.717) is 88.2 Å². The van der Waals surface area contributed by atoms with Crippen LogP contribution >= 0.6 is 0 Å². The van der Waals surface area contributed by atoms with Crippen molar-refractivity contribution in [1.29, 1.82) is 0 Å². The van der Waals surface area contributed by atoms with Gasteiger partial charge in [0.15, 0.2) is 39.4 Å². The number of aliphatic imine (C=N–C) groups is 1. The Kier molecular flexibility index (Phi) is 58.4. The van der Waals surface area contributed by atoms with Crippen LogP contribution in [-0.4, -0.2) is 139 Å². The number of Topliss-reactive ketones (excluding diaryl/α,β-unsaturated/α-hetero) is 4. The number of fused-ring (bicyclic) bond motifs is 4. The highest BCUT2D eigenvalue weighted by Crippen LogP contribution is 2.27. The Hall–Kier alpha value is -13.7. The number of carboxylic acid groups (broad SMARTS) is 3. The van der Waals surface area contributed by atoms with E-state index in [1.54, 1.807) is 29.0 Å². The fraction of sp³-hybridized carbons (Fsp3) is 0.400. The van der Waals surface area contributed by atoms with Gasteiger partial charge < -0.3 is 69.8 Å². The molecule has 0 amide bonds. The van der Waals surface area contributed by atoms with Gasteiger partial charge in [-0.1, -0.05) is 156 Å². The molecule has 0 aliphatic heterocycles. The van der Waals surface area contributed by atoms with Crippen LogP contribution in [-0.2, 0) is 44.2 Å². The van der Waals surface area contributed by atoms with Crippen molar-refractivity contribution < 1.29 is 118 Å². The maximum Gasteiger partial charge on any atom is 0.341 e. The molecule has 0 bridgehead atoms. The molecule has 0 saturated heterocycles. The van der Waals surface area contributed by atoms with Crippen molar-refractivity contribution >= 4 is 96.6 Å². The molecular weight excluding hydrogens is 1910 g/mol. The van der Waals surface area contributed by atoms with E-state index in [2.05, 4.69) is 24.6 Å². The molecule has 146 heavy (non-hydrogen) atoms. The molecule has 3 aliphatic carbocycles. The average molecular weight is 2050 g/mol. The molecule has 7 aromatic carbocycles. The van der Waals surface area contributed by atoms with Crippen LogP contribution in [0.5, 0.6) is 0 Å². The lowest BCUT2D eigenvalue weighted by molar-refractivity contribution is -0.113. The fourth-order valence-electron chi connectivity index (χ4n) is 14.6. The van der Waals surface area contributed by atoms with Crippen LogP contribution in [0.15, 0.2) is 158 Å². The third kappa shape index (κ3) is 40.4. The summed E-state index contributed by atoms with van der Waals surface area (Å²) in [6.45, 7) is 24.0. The number of aliphatic hydroxyl groups is 5. The standard InChI is InChI=1S/C15H16FNO2.C14H14FNO2.C13H13F2NO3.C13H12FNO4.C13H12FNO3.C8H6F2O2.C7H4F2O2.3C6H12.C5H11N.C3H8.CH5NO/c1-4-10-6-11-14(7-13(10)16)17(5-2)8-12(9(3)18)15(11)19;1-4-16-7-11(9(3)17)14(18)10-5-8(2)12(15)6-13(10)16;1-7-3-9(12(15)4-11(7)14)13(19)10(8(2)18)5-16-6-17;1-2-7-3-8-11(4-10(7)14)15(6-16)5-9(12(8)17)13(18)19;1-7-3-9-12(4-11(7)14)15(6-16)5-10(8(2)17)13(9)18;1-4-2-5(8(11)12)7(10)3-6(4)9;8-4-1-2-5(7(10)11)6(9)3-4;3*1-2-4-6-5-3-1;1-4-5-6(2)3;1-3-2;2-1-3/h6-8H,4-5H2,1-3H3;5-7H,4H2,1-3H3;3-5,17,19H,6H2,1-2H3;3-5,16H,2,6H2,1H3,(H,18,19);3-5,16H,6H2,1-2H3;2-3H,1H3,(H,11,12);1-3H,(H,10,11);3*1-6H2;4-5H,1-3H3;3H2,1-2H3;3H,1-2H2/b;;;;;;;;;;5-4+;;. The zero-order valence-corrected chi connectivity index (χ0v) is 85.9. The number of benzene rings is 7. The molecule has 4 aromatic heterocycles. The Labute approximate surface area is 842 Å². The Morgan fingerprint density at radius 3 is 0.918 bits per heavy atom. The predicted molar refractivity (Wildman–Crippen MR) is 551 cm³/mol. The Morgan fingerprint density at radius 1 is 0.370 bits per heavy atom. The highest BCUT2D eigenvalue weighted by atomic mass is 19.2. The third-order valence-corrected chi connectivity index (χ3v) is 22.4. The summed E-state index contributed by atoms with van der Waals surface area (Å²) in [6.07, 6.45) is 39.4. The van der Waals surface area contributed by atoms with Gasteiger partial charge in [0.1, 0.15) is 89.7 Å². The minimum atomic E-state index is -1.40. The number of aryl methyl sites for hydroxylation is 8. The van der Waals surface area contributed by atoms with Gasteiger partial charge in [0.05, 0.1) is 67.8 Å². The number of aromatic nitrogens is 4. The van der Waals surface area contributed by atoms with Crippen LogP contribution in [0.2, 0.25) is 0 Å². The van der Waals surface area contributed by atoms with E-state index < -0.39 is 124 Å². The maximum absolute atomic E-state index is 13.8. The van der Waals surface area contributed by atoms with Gasteiger partial charge in [-0.2, -0.15) is 0 Å². The molecule has 36 heteroatoms. The summed E-state index contributed by atoms with van der Waals surface area (Å²) in [5.74, 6) is -13.3. The number of nitrogens with two attached hydrogens (primary N) is 1. The molecule has 796 valence electrons. The van der Waals surface area contributed by atoms with E-state index in [4.69, 9.17) is 25.5 Å². The second kappa shape index (κ2) is 66.4. The lowest BCUT2D eigenvalue weighted by Gasteiger charge is -2.12. The van der Waals surface area contributed by atoms with E-state index in [0.717, 1.165) is 54.2 Å². The molecule has 4 heterocycles. The number of nitrogens with zero attached hydrogens (tertiary/aromatic N) is 6. The number of hydrogen-bond donors (Lipinski definition) is 9. The normalized spacial score (nSPS) is 12.3. The van der Waals surface area contributed by atoms with Crippen molar-refractivity contribution in [3.63, 3.8) is 0 Å². The number of carboxylic acids is 3. The first-order chi connectivity index (χ1) is 69.0. The van der Waals surface area contributed by atoms with Crippen LogP contribution in [0.1, 0.15) is 299 Å². The predicted octanol–water partition coefficient (Wildman–Crippen LogP) is 22.8. The topological polar surface area (TPSA) is 411 Å². The molecule has 10 N–H and O–H groups in total.